The lowest BCUT2D eigenvalue weighted by Gasteiger charge is -2.26. The van der Waals surface area contributed by atoms with Gasteiger partial charge in [0.2, 0.25) is 0 Å². The van der Waals surface area contributed by atoms with Gasteiger partial charge in [-0.15, -0.1) is 0 Å². The molecule has 2 heteroatoms. The molecule has 1 aromatic carbocycles. The van der Waals surface area contributed by atoms with Gasteiger partial charge in [0, 0.05) is 6.04 Å². The fourth-order valence-electron chi connectivity index (χ4n) is 3.12. The Kier molecular flexibility index (Phi) is 5.64. The summed E-state index contributed by atoms with van der Waals surface area (Å²) >= 11 is 0. The van der Waals surface area contributed by atoms with E-state index in [-0.39, 0.29) is 6.04 Å². The highest BCUT2D eigenvalue weighted by atomic mass is 16.5. The fourth-order valence-corrected chi connectivity index (χ4v) is 3.12. The highest BCUT2D eigenvalue weighted by Crippen LogP contribution is 2.32. The van der Waals surface area contributed by atoms with Gasteiger partial charge in [0.1, 0.15) is 5.75 Å². The molecule has 1 rings (SSSR count). The molecule has 0 saturated heterocycles. The Morgan fingerprint density at radius 3 is 2.25 bits per heavy atom. The quantitative estimate of drug-likeness (QED) is 0.841. The van der Waals surface area contributed by atoms with E-state index in [9.17, 15) is 0 Å². The standard InChI is InChI=1S/C18H31NO/c1-12(11-18(4,5)6)8-16(19)15-9-14(3)17(20-7)10-13(15)2/h9-10,12,16H,8,11,19H2,1-7H3. The van der Waals surface area contributed by atoms with Crippen molar-refractivity contribution in [3.8, 4) is 5.75 Å². The molecular formula is C18H31NO. The lowest BCUT2D eigenvalue weighted by Crippen LogP contribution is -2.19. The predicted molar refractivity (Wildman–Crippen MR) is 87.2 cm³/mol. The maximum absolute atomic E-state index is 6.44. The van der Waals surface area contributed by atoms with Crippen LogP contribution in [0.4, 0.5) is 0 Å². The van der Waals surface area contributed by atoms with Gasteiger partial charge >= 0.3 is 0 Å². The number of ether oxygens (including phenoxy) is 1. The Bertz CT molecular complexity index is 445. The van der Waals surface area contributed by atoms with Gasteiger partial charge in [0.15, 0.2) is 0 Å². The van der Waals surface area contributed by atoms with Crippen LogP contribution in [0, 0.1) is 25.2 Å². The molecule has 0 radical (unpaired) electrons. The van der Waals surface area contributed by atoms with Crippen LogP contribution in [0.15, 0.2) is 12.1 Å². The average Bonchev–Trinajstić information content (AvgIpc) is 2.28. The summed E-state index contributed by atoms with van der Waals surface area (Å²) in [6, 6.07) is 4.39. The number of rotatable bonds is 5. The number of hydrogen-bond acceptors (Lipinski definition) is 2. The highest BCUT2D eigenvalue weighted by molar-refractivity contribution is 5.42. The first-order valence-corrected chi connectivity index (χ1v) is 7.54. The van der Waals surface area contributed by atoms with Crippen LogP contribution in [0.25, 0.3) is 0 Å². The van der Waals surface area contributed by atoms with Gasteiger partial charge in [0.25, 0.3) is 0 Å². The van der Waals surface area contributed by atoms with E-state index in [2.05, 4.69) is 53.7 Å². The van der Waals surface area contributed by atoms with Crippen molar-refractivity contribution < 1.29 is 4.74 Å². The van der Waals surface area contributed by atoms with Crippen LogP contribution in [0.5, 0.6) is 5.75 Å². The third-order valence-corrected chi connectivity index (χ3v) is 3.80. The first kappa shape index (κ1) is 17.0. The summed E-state index contributed by atoms with van der Waals surface area (Å²) in [7, 11) is 1.72. The van der Waals surface area contributed by atoms with Crippen LogP contribution in [0.1, 0.15) is 63.3 Å². The van der Waals surface area contributed by atoms with E-state index in [1.54, 1.807) is 7.11 Å². The number of benzene rings is 1. The van der Waals surface area contributed by atoms with Gasteiger partial charge in [0.05, 0.1) is 7.11 Å². The molecule has 0 saturated carbocycles. The first-order valence-electron chi connectivity index (χ1n) is 7.54. The van der Waals surface area contributed by atoms with Crippen molar-refractivity contribution >= 4 is 0 Å². The van der Waals surface area contributed by atoms with Crippen LogP contribution in [0.3, 0.4) is 0 Å². The fraction of sp³-hybridized carbons (Fsp3) is 0.667. The molecule has 20 heavy (non-hydrogen) atoms. The molecule has 0 fully saturated rings. The van der Waals surface area contributed by atoms with E-state index in [1.807, 2.05) is 0 Å². The van der Waals surface area contributed by atoms with Gasteiger partial charge in [-0.05, 0) is 60.8 Å². The van der Waals surface area contributed by atoms with Crippen LogP contribution in [0.2, 0.25) is 0 Å². The monoisotopic (exact) mass is 277 g/mol. The van der Waals surface area contributed by atoms with E-state index in [1.165, 1.54) is 17.5 Å². The van der Waals surface area contributed by atoms with Gasteiger partial charge in [-0.3, -0.25) is 0 Å². The van der Waals surface area contributed by atoms with Crippen molar-refractivity contribution in [2.45, 2.75) is 60.4 Å². The molecule has 0 amide bonds. The van der Waals surface area contributed by atoms with Crippen molar-refractivity contribution in [1.82, 2.24) is 0 Å². The maximum atomic E-state index is 6.44. The number of nitrogens with two attached hydrogens (primary N) is 1. The van der Waals surface area contributed by atoms with Crippen LogP contribution < -0.4 is 10.5 Å². The lowest BCUT2D eigenvalue weighted by molar-refractivity contribution is 0.286. The second-order valence-corrected chi connectivity index (χ2v) is 7.39. The zero-order valence-electron chi connectivity index (χ0n) is 14.2. The molecule has 0 spiro atoms. The van der Waals surface area contributed by atoms with Crippen molar-refractivity contribution in [3.63, 3.8) is 0 Å². The van der Waals surface area contributed by atoms with Crippen LogP contribution in [-0.4, -0.2) is 7.11 Å². The zero-order valence-corrected chi connectivity index (χ0v) is 14.2. The first-order chi connectivity index (χ1) is 9.14. The summed E-state index contributed by atoms with van der Waals surface area (Å²) in [6.07, 6.45) is 2.23. The Hall–Kier alpha value is -1.02. The Morgan fingerprint density at radius 1 is 1.15 bits per heavy atom. The van der Waals surface area contributed by atoms with Crippen LogP contribution in [-0.2, 0) is 0 Å². The van der Waals surface area contributed by atoms with E-state index >= 15 is 0 Å². The second kappa shape index (κ2) is 6.62. The third-order valence-electron chi connectivity index (χ3n) is 3.80. The molecule has 114 valence electrons. The van der Waals surface area contributed by atoms with E-state index in [0.717, 1.165) is 17.7 Å². The molecule has 2 nitrogen and oxygen atoms in total. The third kappa shape index (κ3) is 4.82. The number of methoxy groups -OCH3 is 1. The summed E-state index contributed by atoms with van der Waals surface area (Å²) in [4.78, 5) is 0. The van der Waals surface area contributed by atoms with Gasteiger partial charge in [-0.25, -0.2) is 0 Å². The molecule has 0 aliphatic heterocycles. The minimum Gasteiger partial charge on any atom is -0.496 e. The van der Waals surface area contributed by atoms with Crippen molar-refractivity contribution in [2.24, 2.45) is 17.1 Å². The summed E-state index contributed by atoms with van der Waals surface area (Å²) in [6.45, 7) is 13.4. The number of hydrogen-bond donors (Lipinski definition) is 1. The Balaban J connectivity index is 2.82. The lowest BCUT2D eigenvalue weighted by atomic mass is 9.81. The SMILES string of the molecule is COc1cc(C)c(C(N)CC(C)CC(C)(C)C)cc1C. The van der Waals surface area contributed by atoms with E-state index in [4.69, 9.17) is 10.5 Å². The summed E-state index contributed by atoms with van der Waals surface area (Å²) in [5.41, 5.74) is 10.4. The van der Waals surface area contributed by atoms with Crippen molar-refractivity contribution in [3.05, 3.63) is 28.8 Å². The Morgan fingerprint density at radius 2 is 1.75 bits per heavy atom. The molecule has 1 aromatic rings. The average molecular weight is 277 g/mol. The zero-order chi connectivity index (χ0) is 15.5. The predicted octanol–water partition coefficient (Wildman–Crippen LogP) is 4.77. The molecular weight excluding hydrogens is 246 g/mol. The smallest absolute Gasteiger partial charge is 0.122 e. The Labute approximate surface area is 124 Å². The van der Waals surface area contributed by atoms with Crippen LogP contribution >= 0.6 is 0 Å². The van der Waals surface area contributed by atoms with Crippen molar-refractivity contribution in [2.75, 3.05) is 7.11 Å². The van der Waals surface area contributed by atoms with E-state index in [0.29, 0.717) is 11.3 Å². The minimum absolute atomic E-state index is 0.108. The van der Waals surface area contributed by atoms with E-state index < -0.39 is 0 Å². The molecule has 2 unspecified atom stereocenters. The highest BCUT2D eigenvalue weighted by Gasteiger charge is 2.19. The minimum atomic E-state index is 0.108. The molecule has 0 aliphatic rings. The van der Waals surface area contributed by atoms with Gasteiger partial charge < -0.3 is 10.5 Å². The molecule has 2 atom stereocenters. The molecule has 0 heterocycles. The molecule has 0 aliphatic carbocycles. The summed E-state index contributed by atoms with van der Waals surface area (Å²) < 4.78 is 5.37. The second-order valence-electron chi connectivity index (χ2n) is 7.39. The van der Waals surface area contributed by atoms with Gasteiger partial charge in [-0.2, -0.15) is 0 Å². The summed E-state index contributed by atoms with van der Waals surface area (Å²) in [5, 5.41) is 0. The normalized spacial score (nSPS) is 15.0. The van der Waals surface area contributed by atoms with Crippen molar-refractivity contribution in [1.29, 1.82) is 0 Å². The topological polar surface area (TPSA) is 35.2 Å². The summed E-state index contributed by atoms with van der Waals surface area (Å²) in [5.74, 6) is 1.58. The molecule has 0 bridgehead atoms. The van der Waals surface area contributed by atoms with Gasteiger partial charge in [-0.1, -0.05) is 33.8 Å². The number of aryl methyl sites for hydroxylation is 2. The molecule has 2 N–H and O–H groups in total. The maximum Gasteiger partial charge on any atom is 0.122 e. The molecule has 0 aromatic heterocycles. The largest absolute Gasteiger partial charge is 0.496 e.